The molecule has 0 spiro atoms. The zero-order valence-electron chi connectivity index (χ0n) is 20.9. The summed E-state index contributed by atoms with van der Waals surface area (Å²) in [5.41, 5.74) is 5.18. The molecule has 0 radical (unpaired) electrons. The molecule has 2 atom stereocenters. The van der Waals surface area contributed by atoms with Crippen molar-refractivity contribution in [3.63, 3.8) is 0 Å². The summed E-state index contributed by atoms with van der Waals surface area (Å²) < 4.78 is 63.9. The maximum Gasteiger partial charge on any atom is 0.433 e. The number of halogens is 4. The second-order valence-corrected chi connectivity index (χ2v) is 8.62. The molecule has 204 valence electrons. The normalized spacial score (nSPS) is 13.1. The van der Waals surface area contributed by atoms with E-state index < -0.39 is 41.6 Å². The summed E-state index contributed by atoms with van der Waals surface area (Å²) in [4.78, 5) is 33.6. The first-order valence-corrected chi connectivity index (χ1v) is 11.6. The van der Waals surface area contributed by atoms with Crippen LogP contribution in [0.5, 0.6) is 5.75 Å². The van der Waals surface area contributed by atoms with Gasteiger partial charge in [0.05, 0.1) is 13.2 Å². The number of hydrogen-bond acceptors (Lipinski definition) is 7. The van der Waals surface area contributed by atoms with Crippen LogP contribution in [0, 0.1) is 5.82 Å². The van der Waals surface area contributed by atoms with Gasteiger partial charge in [0, 0.05) is 16.6 Å². The Bertz CT molecular complexity index is 1530. The largest absolute Gasteiger partial charge is 0.494 e. The van der Waals surface area contributed by atoms with E-state index in [1.807, 2.05) is 0 Å². The van der Waals surface area contributed by atoms with Crippen molar-refractivity contribution in [1.82, 2.24) is 15.3 Å². The van der Waals surface area contributed by atoms with Crippen LogP contribution >= 0.6 is 0 Å². The summed E-state index contributed by atoms with van der Waals surface area (Å²) in [5, 5.41) is 5.29. The SMILES string of the molecule is COc1ccc(-c2nc(C(=O)N[C@@H](C)C(=O)Nc3ccc(F)cc3)c([C@H](C)N)o2)c2ccc(C(F)(F)F)nc12. The highest BCUT2D eigenvalue weighted by Gasteiger charge is 2.33. The summed E-state index contributed by atoms with van der Waals surface area (Å²) >= 11 is 0. The summed E-state index contributed by atoms with van der Waals surface area (Å²) in [5.74, 6) is -1.82. The molecule has 0 aliphatic carbocycles. The zero-order chi connectivity index (χ0) is 28.5. The number of nitrogens with zero attached hydrogens (tertiary/aromatic N) is 2. The number of hydrogen-bond donors (Lipinski definition) is 3. The number of benzene rings is 2. The van der Waals surface area contributed by atoms with Crippen molar-refractivity contribution < 1.29 is 36.3 Å². The highest BCUT2D eigenvalue weighted by atomic mass is 19.4. The minimum absolute atomic E-state index is 0.00233. The molecule has 0 fully saturated rings. The summed E-state index contributed by atoms with van der Waals surface area (Å²) in [7, 11) is 1.30. The molecule has 2 aromatic heterocycles. The van der Waals surface area contributed by atoms with Gasteiger partial charge in [0.15, 0.2) is 11.5 Å². The van der Waals surface area contributed by atoms with Crippen molar-refractivity contribution in [2.75, 3.05) is 12.4 Å². The third-order valence-corrected chi connectivity index (χ3v) is 5.70. The number of ether oxygens (including phenoxy) is 1. The molecule has 0 aliphatic heterocycles. The lowest BCUT2D eigenvalue weighted by molar-refractivity contribution is -0.141. The van der Waals surface area contributed by atoms with Crippen LogP contribution in [0.2, 0.25) is 0 Å². The van der Waals surface area contributed by atoms with Crippen LogP contribution in [0.4, 0.5) is 23.2 Å². The number of rotatable bonds is 7. The summed E-state index contributed by atoms with van der Waals surface area (Å²) in [6, 6.07) is 8.19. The van der Waals surface area contributed by atoms with E-state index in [1.54, 1.807) is 6.92 Å². The van der Waals surface area contributed by atoms with Gasteiger partial charge in [-0.1, -0.05) is 0 Å². The van der Waals surface area contributed by atoms with E-state index in [9.17, 15) is 27.2 Å². The Morgan fingerprint density at radius 1 is 1.03 bits per heavy atom. The Kier molecular flexibility index (Phi) is 7.54. The number of amides is 2. The predicted octanol–water partition coefficient (Wildman–Crippen LogP) is 4.83. The summed E-state index contributed by atoms with van der Waals surface area (Å²) in [6.45, 7) is 2.99. The standard InChI is InChI=1S/C26H23F4N5O4/c1-12(31)22-21(24(37)32-13(2)23(36)33-15-6-4-14(27)5-7-15)35-25(39-22)17-8-10-18(38-3)20-16(17)9-11-19(34-20)26(28,29)30/h4-13H,31H2,1-3H3,(H,32,37)(H,33,36)/t12-,13-/m0/s1. The van der Waals surface area contributed by atoms with E-state index >= 15 is 0 Å². The van der Waals surface area contributed by atoms with Gasteiger partial charge in [0.2, 0.25) is 11.8 Å². The number of anilines is 1. The molecule has 39 heavy (non-hydrogen) atoms. The third kappa shape index (κ3) is 5.82. The number of pyridine rings is 1. The molecule has 4 rings (SSSR count). The van der Waals surface area contributed by atoms with Crippen LogP contribution in [-0.4, -0.2) is 34.9 Å². The molecule has 9 nitrogen and oxygen atoms in total. The number of methoxy groups -OCH3 is 1. The molecule has 0 aliphatic rings. The van der Waals surface area contributed by atoms with Crippen molar-refractivity contribution in [2.45, 2.75) is 32.1 Å². The van der Waals surface area contributed by atoms with Gasteiger partial charge in [-0.2, -0.15) is 13.2 Å². The van der Waals surface area contributed by atoms with Crippen molar-refractivity contribution in [2.24, 2.45) is 5.73 Å². The number of aromatic nitrogens is 2. The molecule has 13 heteroatoms. The van der Waals surface area contributed by atoms with Crippen molar-refractivity contribution in [3.05, 3.63) is 71.5 Å². The first-order valence-electron chi connectivity index (χ1n) is 11.6. The lowest BCUT2D eigenvalue weighted by atomic mass is 10.1. The van der Waals surface area contributed by atoms with Crippen LogP contribution in [0.25, 0.3) is 22.4 Å². The zero-order valence-corrected chi connectivity index (χ0v) is 20.9. The number of carbonyl (C=O) groups is 2. The molecule has 4 N–H and O–H groups in total. The molecule has 2 heterocycles. The molecule has 2 amide bonds. The van der Waals surface area contributed by atoms with Crippen molar-refractivity contribution >= 4 is 28.4 Å². The first-order chi connectivity index (χ1) is 18.4. The molecule has 2 aromatic carbocycles. The second kappa shape index (κ2) is 10.7. The van der Waals surface area contributed by atoms with Gasteiger partial charge >= 0.3 is 6.18 Å². The molecule has 0 unspecified atom stereocenters. The average Bonchev–Trinajstić information content (AvgIpc) is 3.34. The average molecular weight is 545 g/mol. The van der Waals surface area contributed by atoms with Gasteiger partial charge in [-0.25, -0.2) is 14.4 Å². The van der Waals surface area contributed by atoms with Gasteiger partial charge in [-0.05, 0) is 62.4 Å². The van der Waals surface area contributed by atoms with E-state index in [4.69, 9.17) is 14.9 Å². The van der Waals surface area contributed by atoms with Gasteiger partial charge in [0.1, 0.15) is 28.8 Å². The van der Waals surface area contributed by atoms with E-state index in [2.05, 4.69) is 20.6 Å². The van der Waals surface area contributed by atoms with Crippen LogP contribution in [0.1, 0.15) is 41.8 Å². The fraction of sp³-hybridized carbons (Fsp3) is 0.231. The minimum Gasteiger partial charge on any atom is -0.494 e. The van der Waals surface area contributed by atoms with E-state index in [-0.39, 0.29) is 39.6 Å². The van der Waals surface area contributed by atoms with Crippen molar-refractivity contribution in [3.8, 4) is 17.2 Å². The van der Waals surface area contributed by atoms with Crippen LogP contribution in [0.15, 0.2) is 52.9 Å². The third-order valence-electron chi connectivity index (χ3n) is 5.70. The number of nitrogens with one attached hydrogen (secondary N) is 2. The molecular formula is C26H23F4N5O4. The highest BCUT2D eigenvalue weighted by Crippen LogP contribution is 2.37. The molecular weight excluding hydrogens is 522 g/mol. The van der Waals surface area contributed by atoms with Crippen LogP contribution in [0.3, 0.4) is 0 Å². The van der Waals surface area contributed by atoms with Crippen LogP contribution < -0.4 is 21.1 Å². The number of oxazole rings is 1. The summed E-state index contributed by atoms with van der Waals surface area (Å²) in [6.07, 6.45) is -4.68. The Balaban J connectivity index is 1.66. The Hall–Kier alpha value is -4.52. The monoisotopic (exact) mass is 545 g/mol. The number of fused-ring (bicyclic) bond motifs is 1. The number of alkyl halides is 3. The Morgan fingerprint density at radius 3 is 2.33 bits per heavy atom. The fourth-order valence-electron chi connectivity index (χ4n) is 3.73. The van der Waals surface area contributed by atoms with Crippen molar-refractivity contribution in [1.29, 1.82) is 0 Å². The lowest BCUT2D eigenvalue weighted by Gasteiger charge is -2.14. The van der Waals surface area contributed by atoms with Gasteiger partial charge in [0.25, 0.3) is 5.91 Å². The van der Waals surface area contributed by atoms with E-state index in [1.165, 1.54) is 56.5 Å². The lowest BCUT2D eigenvalue weighted by Crippen LogP contribution is -2.42. The quantitative estimate of drug-likeness (QED) is 0.283. The van der Waals surface area contributed by atoms with Gasteiger partial charge in [-0.15, -0.1) is 0 Å². The number of carbonyl (C=O) groups excluding carboxylic acids is 2. The van der Waals surface area contributed by atoms with Gasteiger partial charge < -0.3 is 25.5 Å². The smallest absolute Gasteiger partial charge is 0.433 e. The molecule has 0 saturated carbocycles. The Morgan fingerprint density at radius 2 is 1.72 bits per heavy atom. The number of nitrogens with two attached hydrogens (primary N) is 1. The Labute approximate surface area is 219 Å². The molecule has 0 bridgehead atoms. The molecule has 0 saturated heterocycles. The molecule has 4 aromatic rings. The maximum atomic E-state index is 13.3. The fourth-order valence-corrected chi connectivity index (χ4v) is 3.73. The maximum absolute atomic E-state index is 13.3. The van der Waals surface area contributed by atoms with Crippen LogP contribution in [-0.2, 0) is 11.0 Å². The predicted molar refractivity (Wildman–Crippen MR) is 133 cm³/mol. The van der Waals surface area contributed by atoms with E-state index in [0.717, 1.165) is 6.07 Å². The second-order valence-electron chi connectivity index (χ2n) is 8.62. The topological polar surface area (TPSA) is 132 Å². The first kappa shape index (κ1) is 27.5. The van der Waals surface area contributed by atoms with Gasteiger partial charge in [-0.3, -0.25) is 9.59 Å². The van der Waals surface area contributed by atoms with E-state index in [0.29, 0.717) is 5.69 Å². The minimum atomic E-state index is -4.68. The highest BCUT2D eigenvalue weighted by molar-refractivity contribution is 6.01.